The number of piperazine rings is 1. The van der Waals surface area contributed by atoms with Gasteiger partial charge in [0.05, 0.1) is 7.11 Å². The second-order valence-electron chi connectivity index (χ2n) is 6.89. The van der Waals surface area contributed by atoms with E-state index >= 15 is 0 Å². The van der Waals surface area contributed by atoms with E-state index in [1.807, 2.05) is 36.4 Å². The second kappa shape index (κ2) is 10.6. The molecule has 2 aromatic rings. The zero-order valence-electron chi connectivity index (χ0n) is 17.2. The average Bonchev–Trinajstić information content (AvgIpc) is 2.77. The van der Waals surface area contributed by atoms with Crippen molar-refractivity contribution in [1.29, 1.82) is 0 Å². The minimum absolute atomic E-state index is 0.247. The van der Waals surface area contributed by atoms with Crippen LogP contribution < -0.4 is 14.8 Å². The fourth-order valence-electron chi connectivity index (χ4n) is 3.33. The number of phenolic OH excluding ortho intramolecular Hbond substituents is 1. The Balaban J connectivity index is 1.43. The number of rotatable bonds is 7. The molecule has 1 saturated heterocycles. The Bertz CT molecular complexity index is 790. The van der Waals surface area contributed by atoms with Gasteiger partial charge in [-0.05, 0) is 30.3 Å². The van der Waals surface area contributed by atoms with Crippen LogP contribution in [0.2, 0.25) is 0 Å². The van der Waals surface area contributed by atoms with Crippen molar-refractivity contribution >= 4 is 5.96 Å². The van der Waals surface area contributed by atoms with Crippen molar-refractivity contribution in [2.24, 2.45) is 4.99 Å². The van der Waals surface area contributed by atoms with Crippen LogP contribution >= 0.6 is 0 Å². The van der Waals surface area contributed by atoms with E-state index in [-0.39, 0.29) is 5.75 Å². The molecule has 2 aromatic carbocycles. The largest absolute Gasteiger partial charge is 0.508 e. The number of phenols is 1. The maximum absolute atomic E-state index is 10.1. The first-order valence-electron chi connectivity index (χ1n) is 9.91. The fraction of sp³-hybridized carbons (Fsp3) is 0.409. The van der Waals surface area contributed by atoms with Gasteiger partial charge in [-0.25, -0.2) is 0 Å². The van der Waals surface area contributed by atoms with Crippen molar-refractivity contribution < 1.29 is 14.6 Å². The van der Waals surface area contributed by atoms with Crippen molar-refractivity contribution in [2.45, 2.75) is 6.54 Å². The number of guanidine groups is 1. The summed E-state index contributed by atoms with van der Waals surface area (Å²) in [4.78, 5) is 9.05. The highest BCUT2D eigenvalue weighted by Crippen LogP contribution is 2.22. The molecule has 1 heterocycles. The molecule has 0 amide bonds. The Morgan fingerprint density at radius 3 is 2.52 bits per heavy atom. The zero-order valence-corrected chi connectivity index (χ0v) is 17.2. The number of hydrogen-bond donors (Lipinski definition) is 2. The topological polar surface area (TPSA) is 69.6 Å². The van der Waals surface area contributed by atoms with Gasteiger partial charge in [0.1, 0.15) is 23.9 Å². The molecule has 1 aliphatic rings. The van der Waals surface area contributed by atoms with Crippen LogP contribution in [-0.2, 0) is 6.54 Å². The number of aliphatic imine (C=N–C) groups is 1. The van der Waals surface area contributed by atoms with E-state index in [4.69, 9.17) is 9.47 Å². The van der Waals surface area contributed by atoms with Crippen molar-refractivity contribution in [3.63, 3.8) is 0 Å². The van der Waals surface area contributed by atoms with Crippen molar-refractivity contribution in [3.05, 3.63) is 54.1 Å². The summed E-state index contributed by atoms with van der Waals surface area (Å²) in [5.74, 6) is 2.72. The van der Waals surface area contributed by atoms with Crippen LogP contribution in [0.5, 0.6) is 17.2 Å². The van der Waals surface area contributed by atoms with E-state index in [9.17, 15) is 5.11 Å². The lowest BCUT2D eigenvalue weighted by Crippen LogP contribution is -2.52. The number of nitrogens with one attached hydrogen (secondary N) is 1. The molecule has 1 aliphatic heterocycles. The number of benzene rings is 2. The summed E-state index contributed by atoms with van der Waals surface area (Å²) in [7, 11) is 3.40. The van der Waals surface area contributed by atoms with E-state index in [1.165, 1.54) is 0 Å². The van der Waals surface area contributed by atoms with Crippen molar-refractivity contribution in [1.82, 2.24) is 15.1 Å². The highest BCUT2D eigenvalue weighted by atomic mass is 16.5. The van der Waals surface area contributed by atoms with Gasteiger partial charge in [0.15, 0.2) is 5.96 Å². The fourth-order valence-corrected chi connectivity index (χ4v) is 3.33. The molecule has 0 unspecified atom stereocenters. The van der Waals surface area contributed by atoms with Gasteiger partial charge in [0.2, 0.25) is 0 Å². The van der Waals surface area contributed by atoms with Crippen LogP contribution in [0.3, 0.4) is 0 Å². The first kappa shape index (κ1) is 20.8. The van der Waals surface area contributed by atoms with Gasteiger partial charge >= 0.3 is 0 Å². The first-order valence-corrected chi connectivity index (χ1v) is 9.91. The third kappa shape index (κ3) is 6.02. The number of nitrogens with zero attached hydrogens (tertiary/aromatic N) is 3. The van der Waals surface area contributed by atoms with Gasteiger partial charge in [-0.15, -0.1) is 0 Å². The molecule has 3 rings (SSSR count). The molecule has 0 aliphatic carbocycles. The molecule has 0 bridgehead atoms. The summed E-state index contributed by atoms with van der Waals surface area (Å²) in [6.07, 6.45) is 0. The van der Waals surface area contributed by atoms with E-state index in [0.717, 1.165) is 55.7 Å². The lowest BCUT2D eigenvalue weighted by atomic mass is 10.2. The Morgan fingerprint density at radius 1 is 1.07 bits per heavy atom. The van der Waals surface area contributed by atoms with Gasteiger partial charge in [-0.1, -0.05) is 18.2 Å². The smallest absolute Gasteiger partial charge is 0.194 e. The standard InChI is InChI=1S/C22H30N4O3/c1-23-22(24-17-18-16-20(28-2)8-9-21(18)27)26-12-10-25(11-13-26)14-15-29-19-6-4-3-5-7-19/h3-9,16,27H,10-15,17H2,1-2H3,(H,23,24). The number of aromatic hydroxyl groups is 1. The summed E-state index contributed by atoms with van der Waals surface area (Å²) >= 11 is 0. The minimum atomic E-state index is 0.247. The highest BCUT2D eigenvalue weighted by Gasteiger charge is 2.19. The molecule has 0 aromatic heterocycles. The molecule has 29 heavy (non-hydrogen) atoms. The van der Waals surface area contributed by atoms with Crippen LogP contribution in [0.4, 0.5) is 0 Å². The Kier molecular flexibility index (Phi) is 7.58. The molecule has 2 N–H and O–H groups in total. The second-order valence-corrected chi connectivity index (χ2v) is 6.89. The van der Waals surface area contributed by atoms with Gasteiger partial charge in [-0.3, -0.25) is 9.89 Å². The first-order chi connectivity index (χ1) is 14.2. The predicted octanol–water partition coefficient (Wildman–Crippen LogP) is 2.17. The van der Waals surface area contributed by atoms with Crippen LogP contribution in [0.1, 0.15) is 5.56 Å². The number of hydrogen-bond acceptors (Lipinski definition) is 5. The summed E-state index contributed by atoms with van der Waals surface area (Å²) in [5, 5.41) is 13.4. The third-order valence-electron chi connectivity index (χ3n) is 5.03. The average molecular weight is 399 g/mol. The molecular weight excluding hydrogens is 368 g/mol. The predicted molar refractivity (Wildman–Crippen MR) is 115 cm³/mol. The Hall–Kier alpha value is -2.93. The molecule has 0 atom stereocenters. The van der Waals surface area contributed by atoms with Crippen LogP contribution in [0.15, 0.2) is 53.5 Å². The van der Waals surface area contributed by atoms with Gasteiger partial charge in [0.25, 0.3) is 0 Å². The number of methoxy groups -OCH3 is 1. The van der Waals surface area contributed by atoms with Gasteiger partial charge in [-0.2, -0.15) is 0 Å². The molecule has 1 fully saturated rings. The lowest BCUT2D eigenvalue weighted by Gasteiger charge is -2.36. The van der Waals surface area contributed by atoms with Crippen molar-refractivity contribution in [3.8, 4) is 17.2 Å². The van der Waals surface area contributed by atoms with Gasteiger partial charge < -0.3 is 24.8 Å². The lowest BCUT2D eigenvalue weighted by molar-refractivity contribution is 0.152. The minimum Gasteiger partial charge on any atom is -0.508 e. The summed E-state index contributed by atoms with van der Waals surface area (Å²) in [6, 6.07) is 15.1. The third-order valence-corrected chi connectivity index (χ3v) is 5.03. The Labute approximate surface area is 172 Å². The summed E-state index contributed by atoms with van der Waals surface area (Å²) in [6.45, 7) is 5.80. The number of para-hydroxylation sites is 1. The quantitative estimate of drug-likeness (QED) is 0.550. The Morgan fingerprint density at radius 2 is 1.83 bits per heavy atom. The monoisotopic (exact) mass is 398 g/mol. The molecule has 156 valence electrons. The van der Waals surface area contributed by atoms with Gasteiger partial charge in [0, 0.05) is 51.9 Å². The maximum Gasteiger partial charge on any atom is 0.194 e. The molecule has 0 saturated carbocycles. The van der Waals surface area contributed by atoms with Crippen molar-refractivity contribution in [2.75, 3.05) is 53.5 Å². The molecule has 7 nitrogen and oxygen atoms in total. The molecule has 7 heteroatoms. The van der Waals surface area contributed by atoms with E-state index in [2.05, 4.69) is 20.1 Å². The zero-order chi connectivity index (χ0) is 20.5. The maximum atomic E-state index is 10.1. The summed E-state index contributed by atoms with van der Waals surface area (Å²) < 4.78 is 11.0. The summed E-state index contributed by atoms with van der Waals surface area (Å²) in [5.41, 5.74) is 0.780. The molecular formula is C22H30N4O3. The number of ether oxygens (including phenoxy) is 2. The van der Waals surface area contributed by atoms with E-state index in [1.54, 1.807) is 26.3 Å². The van der Waals surface area contributed by atoms with Crippen LogP contribution in [0.25, 0.3) is 0 Å². The molecule has 0 spiro atoms. The van der Waals surface area contributed by atoms with E-state index < -0.39 is 0 Å². The van der Waals surface area contributed by atoms with E-state index in [0.29, 0.717) is 13.2 Å². The highest BCUT2D eigenvalue weighted by molar-refractivity contribution is 5.80. The SMILES string of the molecule is CN=C(NCc1cc(OC)ccc1O)N1CCN(CCOc2ccccc2)CC1. The molecule has 0 radical (unpaired) electrons. The normalized spacial score (nSPS) is 15.2. The van der Waals surface area contributed by atoms with Crippen LogP contribution in [0, 0.1) is 0 Å². The van der Waals surface area contributed by atoms with Crippen LogP contribution in [-0.4, -0.2) is 74.4 Å².